The second kappa shape index (κ2) is 5.80. The molecular formula is C11H21NO3. The first-order valence-electron chi connectivity index (χ1n) is 5.92. The zero-order chi connectivity index (χ0) is 10.5. The number of ether oxygens (including phenoxy) is 2. The molecule has 0 bridgehead atoms. The lowest BCUT2D eigenvalue weighted by molar-refractivity contribution is -0.0441. The van der Waals surface area contributed by atoms with E-state index in [4.69, 9.17) is 9.47 Å². The number of hydrogen-bond donors (Lipinski definition) is 1. The Balaban J connectivity index is 1.67. The smallest absolute Gasteiger partial charge is 0.0612 e. The zero-order valence-corrected chi connectivity index (χ0v) is 9.23. The van der Waals surface area contributed by atoms with Crippen LogP contribution in [-0.4, -0.2) is 62.2 Å². The SMILES string of the molecule is OC1CCOCC1CCN1CCOCC1. The number of aliphatic hydroxyl groups is 1. The molecule has 4 heteroatoms. The molecule has 2 atom stereocenters. The van der Waals surface area contributed by atoms with Crippen molar-refractivity contribution >= 4 is 0 Å². The molecule has 0 amide bonds. The fourth-order valence-corrected chi connectivity index (χ4v) is 2.23. The fourth-order valence-electron chi connectivity index (χ4n) is 2.23. The molecule has 0 aliphatic carbocycles. The zero-order valence-electron chi connectivity index (χ0n) is 9.23. The van der Waals surface area contributed by atoms with Gasteiger partial charge in [0.2, 0.25) is 0 Å². The molecule has 0 spiro atoms. The maximum Gasteiger partial charge on any atom is 0.0612 e. The normalized spacial score (nSPS) is 34.2. The van der Waals surface area contributed by atoms with Crippen LogP contribution in [0.3, 0.4) is 0 Å². The molecule has 2 aliphatic rings. The Morgan fingerprint density at radius 3 is 2.67 bits per heavy atom. The highest BCUT2D eigenvalue weighted by Crippen LogP contribution is 2.18. The second-order valence-corrected chi connectivity index (χ2v) is 4.43. The van der Waals surface area contributed by atoms with Crippen molar-refractivity contribution in [1.29, 1.82) is 0 Å². The molecule has 4 nitrogen and oxygen atoms in total. The molecule has 0 radical (unpaired) electrons. The summed E-state index contributed by atoms with van der Waals surface area (Å²) in [6, 6.07) is 0. The summed E-state index contributed by atoms with van der Waals surface area (Å²) >= 11 is 0. The van der Waals surface area contributed by atoms with Crippen LogP contribution in [0.15, 0.2) is 0 Å². The number of rotatable bonds is 3. The van der Waals surface area contributed by atoms with Crippen LogP contribution in [-0.2, 0) is 9.47 Å². The van der Waals surface area contributed by atoms with E-state index in [1.165, 1.54) is 0 Å². The van der Waals surface area contributed by atoms with E-state index in [9.17, 15) is 5.11 Å². The Hall–Kier alpha value is -0.160. The van der Waals surface area contributed by atoms with Gasteiger partial charge in [-0.05, 0) is 19.4 Å². The van der Waals surface area contributed by atoms with E-state index in [1.54, 1.807) is 0 Å². The van der Waals surface area contributed by atoms with Gasteiger partial charge >= 0.3 is 0 Å². The molecule has 0 aromatic rings. The van der Waals surface area contributed by atoms with Gasteiger partial charge in [-0.3, -0.25) is 4.90 Å². The molecule has 2 fully saturated rings. The van der Waals surface area contributed by atoms with Crippen LogP contribution in [0.25, 0.3) is 0 Å². The van der Waals surface area contributed by atoms with Crippen LogP contribution in [0.5, 0.6) is 0 Å². The van der Waals surface area contributed by atoms with Crippen molar-refractivity contribution in [2.45, 2.75) is 18.9 Å². The van der Waals surface area contributed by atoms with Gasteiger partial charge in [0.15, 0.2) is 0 Å². The van der Waals surface area contributed by atoms with Gasteiger partial charge in [-0.1, -0.05) is 0 Å². The maximum atomic E-state index is 9.78. The fraction of sp³-hybridized carbons (Fsp3) is 1.00. The third-order valence-corrected chi connectivity index (χ3v) is 3.35. The Kier molecular flexibility index (Phi) is 4.38. The molecule has 2 unspecified atom stereocenters. The monoisotopic (exact) mass is 215 g/mol. The molecule has 15 heavy (non-hydrogen) atoms. The van der Waals surface area contributed by atoms with Gasteiger partial charge < -0.3 is 14.6 Å². The van der Waals surface area contributed by atoms with Crippen molar-refractivity contribution in [3.05, 3.63) is 0 Å². The lowest BCUT2D eigenvalue weighted by Crippen LogP contribution is -2.40. The van der Waals surface area contributed by atoms with Gasteiger partial charge in [-0.25, -0.2) is 0 Å². The van der Waals surface area contributed by atoms with Gasteiger partial charge in [0, 0.05) is 25.6 Å². The van der Waals surface area contributed by atoms with E-state index in [2.05, 4.69) is 4.90 Å². The lowest BCUT2D eigenvalue weighted by Gasteiger charge is -2.31. The molecule has 2 rings (SSSR count). The van der Waals surface area contributed by atoms with Crippen molar-refractivity contribution in [2.24, 2.45) is 5.92 Å². The molecule has 2 saturated heterocycles. The molecule has 0 aromatic heterocycles. The summed E-state index contributed by atoms with van der Waals surface area (Å²) in [6.07, 6.45) is 1.69. The Bertz CT molecular complexity index is 183. The third kappa shape index (κ3) is 3.41. The average Bonchev–Trinajstić information content (AvgIpc) is 2.29. The third-order valence-electron chi connectivity index (χ3n) is 3.35. The van der Waals surface area contributed by atoms with Gasteiger partial charge in [0.05, 0.1) is 25.9 Å². The van der Waals surface area contributed by atoms with E-state index in [0.717, 1.165) is 58.9 Å². The Morgan fingerprint density at radius 1 is 1.13 bits per heavy atom. The average molecular weight is 215 g/mol. The highest BCUT2D eigenvalue weighted by atomic mass is 16.5. The Labute approximate surface area is 91.2 Å². The summed E-state index contributed by atoms with van der Waals surface area (Å²) in [6.45, 7) is 6.27. The van der Waals surface area contributed by atoms with Crippen molar-refractivity contribution in [3.8, 4) is 0 Å². The van der Waals surface area contributed by atoms with Gasteiger partial charge in [-0.15, -0.1) is 0 Å². The molecule has 2 heterocycles. The van der Waals surface area contributed by atoms with Crippen LogP contribution in [0, 0.1) is 5.92 Å². The van der Waals surface area contributed by atoms with Gasteiger partial charge in [-0.2, -0.15) is 0 Å². The molecule has 0 aromatic carbocycles. The van der Waals surface area contributed by atoms with Gasteiger partial charge in [0.1, 0.15) is 0 Å². The number of hydrogen-bond acceptors (Lipinski definition) is 4. The maximum absolute atomic E-state index is 9.78. The van der Waals surface area contributed by atoms with Crippen molar-refractivity contribution in [2.75, 3.05) is 46.1 Å². The summed E-state index contributed by atoms with van der Waals surface area (Å²) in [5.74, 6) is 0.335. The topological polar surface area (TPSA) is 41.9 Å². The lowest BCUT2D eigenvalue weighted by atomic mass is 9.95. The van der Waals surface area contributed by atoms with E-state index < -0.39 is 0 Å². The standard InChI is InChI=1S/C11H21NO3/c13-11-2-6-15-9-10(11)1-3-12-4-7-14-8-5-12/h10-11,13H,1-9H2. The number of morpholine rings is 1. The minimum Gasteiger partial charge on any atom is -0.393 e. The van der Waals surface area contributed by atoms with Crippen LogP contribution in [0.1, 0.15) is 12.8 Å². The van der Waals surface area contributed by atoms with E-state index >= 15 is 0 Å². The predicted octanol–water partition coefficient (Wildman–Crippen LogP) is 0.106. The van der Waals surface area contributed by atoms with Crippen molar-refractivity contribution in [1.82, 2.24) is 4.90 Å². The molecule has 88 valence electrons. The first-order chi connectivity index (χ1) is 7.36. The Morgan fingerprint density at radius 2 is 1.93 bits per heavy atom. The predicted molar refractivity (Wildman–Crippen MR) is 56.8 cm³/mol. The summed E-state index contributed by atoms with van der Waals surface area (Å²) < 4.78 is 10.7. The minimum atomic E-state index is -0.153. The van der Waals surface area contributed by atoms with Crippen LogP contribution >= 0.6 is 0 Å². The van der Waals surface area contributed by atoms with Crippen molar-refractivity contribution < 1.29 is 14.6 Å². The minimum absolute atomic E-state index is 0.153. The first-order valence-corrected chi connectivity index (χ1v) is 5.92. The summed E-state index contributed by atoms with van der Waals surface area (Å²) in [5, 5.41) is 9.78. The van der Waals surface area contributed by atoms with Crippen LogP contribution in [0.4, 0.5) is 0 Å². The van der Waals surface area contributed by atoms with Crippen LogP contribution in [0.2, 0.25) is 0 Å². The van der Waals surface area contributed by atoms with E-state index in [-0.39, 0.29) is 6.10 Å². The summed E-state index contributed by atoms with van der Waals surface area (Å²) in [4.78, 5) is 2.41. The highest BCUT2D eigenvalue weighted by Gasteiger charge is 2.24. The number of nitrogens with zero attached hydrogens (tertiary/aromatic N) is 1. The molecule has 0 saturated carbocycles. The molecular weight excluding hydrogens is 194 g/mol. The van der Waals surface area contributed by atoms with Gasteiger partial charge in [0.25, 0.3) is 0 Å². The number of aliphatic hydroxyl groups excluding tert-OH is 1. The first kappa shape index (κ1) is 11.3. The quantitative estimate of drug-likeness (QED) is 0.725. The van der Waals surface area contributed by atoms with Crippen LogP contribution < -0.4 is 0 Å². The highest BCUT2D eigenvalue weighted by molar-refractivity contribution is 4.74. The van der Waals surface area contributed by atoms with Crippen molar-refractivity contribution in [3.63, 3.8) is 0 Å². The van der Waals surface area contributed by atoms with E-state index in [0.29, 0.717) is 5.92 Å². The summed E-state index contributed by atoms with van der Waals surface area (Å²) in [7, 11) is 0. The second-order valence-electron chi connectivity index (χ2n) is 4.43. The largest absolute Gasteiger partial charge is 0.393 e. The molecule has 2 aliphatic heterocycles. The summed E-state index contributed by atoms with van der Waals surface area (Å²) in [5.41, 5.74) is 0. The molecule has 1 N–H and O–H groups in total. The van der Waals surface area contributed by atoms with E-state index in [1.807, 2.05) is 0 Å².